The molecule has 0 aliphatic carbocycles. The van der Waals surface area contributed by atoms with E-state index in [9.17, 15) is 19.5 Å². The Hall–Kier alpha value is -1.89. The predicted molar refractivity (Wildman–Crippen MR) is 94.3 cm³/mol. The van der Waals surface area contributed by atoms with Crippen LogP contribution in [0, 0.1) is 5.92 Å². The molecule has 1 aromatic carbocycles. The lowest BCUT2D eigenvalue weighted by molar-refractivity contribution is -0.142. The van der Waals surface area contributed by atoms with Gasteiger partial charge in [0, 0.05) is 11.4 Å². The second-order valence-electron chi connectivity index (χ2n) is 6.10. The van der Waals surface area contributed by atoms with Gasteiger partial charge in [0.1, 0.15) is 6.04 Å². The summed E-state index contributed by atoms with van der Waals surface area (Å²) in [5, 5.41) is 14.5. The zero-order valence-electron chi connectivity index (χ0n) is 14.0. The van der Waals surface area contributed by atoms with Crippen LogP contribution in [0.15, 0.2) is 28.7 Å². The van der Waals surface area contributed by atoms with Crippen LogP contribution in [0.1, 0.15) is 45.2 Å². The number of rotatable bonds is 8. The van der Waals surface area contributed by atoms with Crippen LogP contribution in [0.25, 0.3) is 0 Å². The number of hydrogen-bond acceptors (Lipinski definition) is 3. The van der Waals surface area contributed by atoms with Crippen molar-refractivity contribution in [2.75, 3.05) is 0 Å². The molecule has 0 aliphatic rings. The molecule has 2 amide bonds. The van der Waals surface area contributed by atoms with Crippen LogP contribution in [-0.2, 0) is 14.4 Å². The lowest BCUT2D eigenvalue weighted by Gasteiger charge is -2.21. The molecule has 24 heavy (non-hydrogen) atoms. The number of carboxylic acid groups (broad SMARTS) is 1. The first-order chi connectivity index (χ1) is 11.2. The molecule has 0 bridgehead atoms. The number of carbonyl (C=O) groups is 3. The van der Waals surface area contributed by atoms with Gasteiger partial charge in [0.05, 0.1) is 12.5 Å². The molecule has 2 unspecified atom stereocenters. The molecule has 0 aliphatic heterocycles. The highest BCUT2D eigenvalue weighted by atomic mass is 79.9. The van der Waals surface area contributed by atoms with E-state index < -0.39 is 24.0 Å². The zero-order chi connectivity index (χ0) is 18.3. The fourth-order valence-electron chi connectivity index (χ4n) is 2.32. The molecule has 1 rings (SSSR count). The summed E-state index contributed by atoms with van der Waals surface area (Å²) in [5.41, 5.74) is 0.777. The van der Waals surface area contributed by atoms with Gasteiger partial charge in [-0.1, -0.05) is 41.9 Å². The normalized spacial score (nSPS) is 13.2. The number of carbonyl (C=O) groups excluding carboxylic acids is 2. The Morgan fingerprint density at radius 2 is 1.71 bits per heavy atom. The molecule has 7 heteroatoms. The number of nitrogens with one attached hydrogen (secondary N) is 2. The lowest BCUT2D eigenvalue weighted by Crippen LogP contribution is -2.43. The van der Waals surface area contributed by atoms with Gasteiger partial charge in [0.2, 0.25) is 11.8 Å². The van der Waals surface area contributed by atoms with E-state index in [0.717, 1.165) is 10.0 Å². The minimum Gasteiger partial charge on any atom is -0.480 e. The summed E-state index contributed by atoms with van der Waals surface area (Å²) in [6.07, 6.45) is 0.327. The van der Waals surface area contributed by atoms with Crippen LogP contribution in [0.3, 0.4) is 0 Å². The second-order valence-corrected chi connectivity index (χ2v) is 7.01. The number of benzene rings is 1. The molecule has 0 spiro atoms. The summed E-state index contributed by atoms with van der Waals surface area (Å²) in [4.78, 5) is 34.9. The molecule has 1 aromatic rings. The monoisotopic (exact) mass is 398 g/mol. The Bertz CT molecular complexity index is 587. The molecule has 0 heterocycles. The maximum Gasteiger partial charge on any atom is 0.326 e. The van der Waals surface area contributed by atoms with Crippen molar-refractivity contribution in [3.8, 4) is 0 Å². The molecule has 3 N–H and O–H groups in total. The van der Waals surface area contributed by atoms with E-state index >= 15 is 0 Å². The minimum atomic E-state index is -1.06. The van der Waals surface area contributed by atoms with Crippen molar-refractivity contribution in [2.24, 2.45) is 5.92 Å². The topological polar surface area (TPSA) is 95.5 Å². The third kappa shape index (κ3) is 7.12. The SMILES string of the molecule is CC(=O)NC(CC(=O)NC(CC(C)C)C(=O)O)c1ccc(Br)cc1. The van der Waals surface area contributed by atoms with Crippen LogP contribution in [0.2, 0.25) is 0 Å². The summed E-state index contributed by atoms with van der Waals surface area (Å²) in [6, 6.07) is 5.81. The largest absolute Gasteiger partial charge is 0.480 e. The van der Waals surface area contributed by atoms with Crippen molar-refractivity contribution >= 4 is 33.7 Å². The van der Waals surface area contributed by atoms with Gasteiger partial charge in [-0.05, 0) is 30.0 Å². The van der Waals surface area contributed by atoms with Gasteiger partial charge in [-0.2, -0.15) is 0 Å². The van der Waals surface area contributed by atoms with E-state index in [0.29, 0.717) is 6.42 Å². The third-order valence-corrected chi connectivity index (χ3v) is 3.91. The van der Waals surface area contributed by atoms with E-state index in [2.05, 4.69) is 26.6 Å². The molecule has 132 valence electrons. The molecule has 2 atom stereocenters. The molecular formula is C17H23BrN2O4. The van der Waals surface area contributed by atoms with Crippen molar-refractivity contribution in [3.63, 3.8) is 0 Å². The number of halogens is 1. The Morgan fingerprint density at radius 1 is 1.12 bits per heavy atom. The maximum atomic E-state index is 12.2. The Kier molecular flexibility index (Phi) is 7.91. The fraction of sp³-hybridized carbons (Fsp3) is 0.471. The van der Waals surface area contributed by atoms with Crippen molar-refractivity contribution in [2.45, 2.75) is 45.7 Å². The summed E-state index contributed by atoms with van der Waals surface area (Å²) in [6.45, 7) is 5.16. The van der Waals surface area contributed by atoms with E-state index in [-0.39, 0.29) is 18.2 Å². The van der Waals surface area contributed by atoms with Crippen LogP contribution in [0.5, 0.6) is 0 Å². The molecule has 0 fully saturated rings. The highest BCUT2D eigenvalue weighted by Gasteiger charge is 2.23. The average molecular weight is 399 g/mol. The molecule has 0 aromatic heterocycles. The van der Waals surface area contributed by atoms with Crippen LogP contribution >= 0.6 is 15.9 Å². The van der Waals surface area contributed by atoms with Gasteiger partial charge in [-0.15, -0.1) is 0 Å². The van der Waals surface area contributed by atoms with E-state index in [1.54, 1.807) is 12.1 Å². The second kappa shape index (κ2) is 9.42. The molecular weight excluding hydrogens is 376 g/mol. The van der Waals surface area contributed by atoms with Gasteiger partial charge in [0.25, 0.3) is 0 Å². The third-order valence-electron chi connectivity index (χ3n) is 3.38. The van der Waals surface area contributed by atoms with E-state index in [1.807, 2.05) is 26.0 Å². The molecule has 0 radical (unpaired) electrons. The van der Waals surface area contributed by atoms with Crippen LogP contribution in [-0.4, -0.2) is 28.9 Å². The van der Waals surface area contributed by atoms with E-state index in [4.69, 9.17) is 0 Å². The number of amides is 2. The first kappa shape index (κ1) is 20.2. The van der Waals surface area contributed by atoms with Gasteiger partial charge < -0.3 is 15.7 Å². The van der Waals surface area contributed by atoms with Crippen molar-refractivity contribution in [1.29, 1.82) is 0 Å². The van der Waals surface area contributed by atoms with Crippen molar-refractivity contribution < 1.29 is 19.5 Å². The Morgan fingerprint density at radius 3 is 2.17 bits per heavy atom. The summed E-state index contributed by atoms with van der Waals surface area (Å²) >= 11 is 3.34. The van der Waals surface area contributed by atoms with Gasteiger partial charge in [-0.25, -0.2) is 4.79 Å². The van der Waals surface area contributed by atoms with Crippen LogP contribution in [0.4, 0.5) is 0 Å². The smallest absolute Gasteiger partial charge is 0.326 e. The first-order valence-electron chi connectivity index (χ1n) is 7.73. The van der Waals surface area contributed by atoms with Crippen molar-refractivity contribution in [1.82, 2.24) is 10.6 Å². The van der Waals surface area contributed by atoms with E-state index in [1.165, 1.54) is 6.92 Å². The predicted octanol–water partition coefficient (Wildman–Crippen LogP) is 2.63. The zero-order valence-corrected chi connectivity index (χ0v) is 15.6. The number of carboxylic acids is 1. The minimum absolute atomic E-state index is 0.0247. The summed E-state index contributed by atoms with van der Waals surface area (Å²) in [7, 11) is 0. The number of hydrogen-bond donors (Lipinski definition) is 3. The fourth-order valence-corrected chi connectivity index (χ4v) is 2.59. The Balaban J connectivity index is 2.81. The standard InChI is InChI=1S/C17H23BrN2O4/c1-10(2)8-15(17(23)24)20-16(22)9-14(19-11(3)21)12-4-6-13(18)7-5-12/h4-7,10,14-15H,8-9H2,1-3H3,(H,19,21)(H,20,22)(H,23,24). The van der Waals surface area contributed by atoms with Crippen molar-refractivity contribution in [3.05, 3.63) is 34.3 Å². The van der Waals surface area contributed by atoms with Gasteiger partial charge >= 0.3 is 5.97 Å². The average Bonchev–Trinajstić information content (AvgIpc) is 2.45. The molecule has 0 saturated heterocycles. The lowest BCUT2D eigenvalue weighted by atomic mass is 10.0. The quantitative estimate of drug-likeness (QED) is 0.626. The first-order valence-corrected chi connectivity index (χ1v) is 8.53. The number of aliphatic carboxylic acids is 1. The highest BCUT2D eigenvalue weighted by molar-refractivity contribution is 9.10. The highest BCUT2D eigenvalue weighted by Crippen LogP contribution is 2.20. The molecule has 0 saturated carbocycles. The Labute approximate surface area is 150 Å². The molecule has 6 nitrogen and oxygen atoms in total. The van der Waals surface area contributed by atoms with Gasteiger partial charge in [0.15, 0.2) is 0 Å². The van der Waals surface area contributed by atoms with Crippen LogP contribution < -0.4 is 10.6 Å². The van der Waals surface area contributed by atoms with Gasteiger partial charge in [-0.3, -0.25) is 9.59 Å². The maximum absolute atomic E-state index is 12.2. The summed E-state index contributed by atoms with van der Waals surface area (Å²) < 4.78 is 0.889. The summed E-state index contributed by atoms with van der Waals surface area (Å²) in [5.74, 6) is -1.59.